The lowest BCUT2D eigenvalue weighted by Crippen LogP contribution is -2.14. The average molecular weight is 282 g/mol. The van der Waals surface area contributed by atoms with Crippen molar-refractivity contribution in [3.8, 4) is 0 Å². The summed E-state index contributed by atoms with van der Waals surface area (Å²) >= 11 is 17.0. The molecule has 0 aliphatic rings. The number of ether oxygens (including phenoxy) is 3. The predicted octanol–water partition coefficient (Wildman–Crippen LogP) is 3.01. The second-order valence-corrected chi connectivity index (χ2v) is 12.0. The monoisotopic (exact) mass is 280 g/mol. The lowest BCUT2D eigenvalue weighted by Gasteiger charge is -2.11. The lowest BCUT2D eigenvalue weighted by atomic mass is 10.5. The van der Waals surface area contributed by atoms with Gasteiger partial charge in [-0.25, -0.2) is 0 Å². The molecule has 0 bridgehead atoms. The average Bonchev–Trinajstić information content (AvgIpc) is 2.08. The molecule has 0 aliphatic carbocycles. The molecule has 0 aliphatic heterocycles. The van der Waals surface area contributed by atoms with E-state index in [0.717, 1.165) is 6.42 Å². The summed E-state index contributed by atoms with van der Waals surface area (Å²) in [6, 6.07) is -1.87. The third-order valence-electron chi connectivity index (χ3n) is 1.47. The van der Waals surface area contributed by atoms with Crippen molar-refractivity contribution in [1.82, 2.24) is 0 Å². The van der Waals surface area contributed by atoms with E-state index in [-0.39, 0.29) is 13.1 Å². The Hall–Kier alpha value is 0.967. The fraction of sp³-hybridized carbons (Fsp3) is 1.00. The molecule has 0 heterocycles. The Bertz CT molecular complexity index is 143. The first-order valence-electron chi connectivity index (χ1n) is 4.24. The van der Waals surface area contributed by atoms with Crippen molar-refractivity contribution in [1.29, 1.82) is 0 Å². The van der Waals surface area contributed by atoms with Crippen molar-refractivity contribution < 1.29 is 14.2 Å². The maximum atomic E-state index is 5.68. The zero-order valence-corrected chi connectivity index (χ0v) is 11.5. The van der Waals surface area contributed by atoms with Crippen molar-refractivity contribution in [2.45, 2.75) is 25.7 Å². The molecule has 0 rings (SSSR count). The van der Waals surface area contributed by atoms with Crippen LogP contribution >= 0.6 is 33.2 Å². The summed E-state index contributed by atoms with van der Waals surface area (Å²) in [7, 11) is 1.57. The number of hydrogen-bond acceptors (Lipinski definition) is 3. The van der Waals surface area contributed by atoms with Crippen molar-refractivity contribution in [2.24, 2.45) is 0 Å². The van der Waals surface area contributed by atoms with Crippen LogP contribution in [-0.2, 0) is 14.2 Å². The Morgan fingerprint density at radius 3 is 2.43 bits per heavy atom. The summed E-state index contributed by atoms with van der Waals surface area (Å²) < 4.78 is 15.1. The fourth-order valence-electron chi connectivity index (χ4n) is 0.646. The standard InChI is InChI=1S/C7H15Cl3O3Si/c1-7(11-2)13-6-12-4-3-5-14(8,9)10/h7H,3-6H2,1-2H3. The molecule has 1 unspecified atom stereocenters. The van der Waals surface area contributed by atoms with E-state index in [2.05, 4.69) is 0 Å². The van der Waals surface area contributed by atoms with Gasteiger partial charge in [-0.05, 0) is 19.4 Å². The SMILES string of the molecule is COC(C)OCOCCC[Si](Cl)(Cl)Cl. The van der Waals surface area contributed by atoms with Gasteiger partial charge in [-0.1, -0.05) is 0 Å². The summed E-state index contributed by atoms with van der Waals surface area (Å²) in [5, 5.41) is 0. The number of hydrogen-bond donors (Lipinski definition) is 0. The summed E-state index contributed by atoms with van der Waals surface area (Å²) in [6.45, 7) is 2.53. The summed E-state index contributed by atoms with van der Waals surface area (Å²) in [5.41, 5.74) is 0. The van der Waals surface area contributed by atoms with Gasteiger partial charge in [0.2, 0.25) is 0 Å². The van der Waals surface area contributed by atoms with Crippen molar-refractivity contribution in [3.63, 3.8) is 0 Å². The first-order valence-corrected chi connectivity index (χ1v) is 9.49. The molecule has 0 radical (unpaired) electrons. The molecule has 86 valence electrons. The third kappa shape index (κ3) is 11.0. The van der Waals surface area contributed by atoms with E-state index >= 15 is 0 Å². The normalized spacial score (nSPS) is 14.4. The topological polar surface area (TPSA) is 27.7 Å². The van der Waals surface area contributed by atoms with Crippen LogP contribution in [0, 0.1) is 0 Å². The summed E-state index contributed by atoms with van der Waals surface area (Å²) in [5.74, 6) is 0. The van der Waals surface area contributed by atoms with Crippen LogP contribution in [0.3, 0.4) is 0 Å². The molecule has 0 aromatic rings. The Morgan fingerprint density at radius 1 is 1.29 bits per heavy atom. The van der Waals surface area contributed by atoms with Crippen LogP contribution in [0.4, 0.5) is 0 Å². The molecule has 0 fully saturated rings. The second kappa shape index (κ2) is 8.16. The lowest BCUT2D eigenvalue weighted by molar-refractivity contribution is -0.174. The number of rotatable bonds is 8. The molecule has 0 aromatic heterocycles. The minimum atomic E-state index is -2.47. The van der Waals surface area contributed by atoms with Crippen LogP contribution in [0.5, 0.6) is 0 Å². The van der Waals surface area contributed by atoms with Crippen LogP contribution in [0.15, 0.2) is 0 Å². The van der Waals surface area contributed by atoms with Crippen LogP contribution in [0.1, 0.15) is 13.3 Å². The molecule has 0 amide bonds. The van der Waals surface area contributed by atoms with E-state index in [0.29, 0.717) is 12.7 Å². The van der Waals surface area contributed by atoms with Gasteiger partial charge in [0.05, 0.1) is 0 Å². The fourth-order valence-corrected chi connectivity index (χ4v) is 2.39. The van der Waals surface area contributed by atoms with Gasteiger partial charge in [0.25, 0.3) is 0 Å². The highest BCUT2D eigenvalue weighted by atomic mass is 35.8. The molecule has 0 spiro atoms. The highest BCUT2D eigenvalue weighted by molar-refractivity contribution is 7.64. The minimum Gasteiger partial charge on any atom is -0.356 e. The highest BCUT2D eigenvalue weighted by Gasteiger charge is 2.23. The highest BCUT2D eigenvalue weighted by Crippen LogP contribution is 2.26. The van der Waals surface area contributed by atoms with Gasteiger partial charge >= 0.3 is 6.00 Å². The van der Waals surface area contributed by atoms with Crippen LogP contribution in [-0.4, -0.2) is 32.8 Å². The van der Waals surface area contributed by atoms with E-state index in [1.807, 2.05) is 0 Å². The first-order chi connectivity index (χ1) is 6.45. The molecule has 1 atom stereocenters. The maximum absolute atomic E-state index is 5.68. The molecule has 14 heavy (non-hydrogen) atoms. The number of methoxy groups -OCH3 is 1. The van der Waals surface area contributed by atoms with Crippen LogP contribution in [0.2, 0.25) is 6.04 Å². The van der Waals surface area contributed by atoms with Gasteiger partial charge in [-0.3, -0.25) is 0 Å². The smallest absolute Gasteiger partial charge is 0.341 e. The maximum Gasteiger partial charge on any atom is 0.341 e. The third-order valence-corrected chi connectivity index (χ3v) is 4.09. The van der Waals surface area contributed by atoms with E-state index in [4.69, 9.17) is 47.4 Å². The zero-order valence-electron chi connectivity index (χ0n) is 8.26. The Morgan fingerprint density at radius 2 is 1.93 bits per heavy atom. The largest absolute Gasteiger partial charge is 0.356 e. The van der Waals surface area contributed by atoms with Gasteiger partial charge < -0.3 is 14.2 Å². The molecule has 7 heteroatoms. The van der Waals surface area contributed by atoms with E-state index in [1.165, 1.54) is 0 Å². The second-order valence-electron chi connectivity index (χ2n) is 2.71. The van der Waals surface area contributed by atoms with E-state index in [1.54, 1.807) is 14.0 Å². The van der Waals surface area contributed by atoms with Crippen LogP contribution < -0.4 is 0 Å². The van der Waals surface area contributed by atoms with Gasteiger partial charge in [-0.2, -0.15) is 0 Å². The molecule has 0 saturated heterocycles. The van der Waals surface area contributed by atoms with E-state index < -0.39 is 6.00 Å². The van der Waals surface area contributed by atoms with Crippen molar-refractivity contribution in [2.75, 3.05) is 20.5 Å². The van der Waals surface area contributed by atoms with Gasteiger partial charge in [-0.15, -0.1) is 33.2 Å². The molecule has 0 N–H and O–H groups in total. The Kier molecular flexibility index (Phi) is 8.72. The molecule has 0 saturated carbocycles. The molecular weight excluding hydrogens is 267 g/mol. The van der Waals surface area contributed by atoms with Gasteiger partial charge in [0.15, 0.2) is 6.29 Å². The number of halogens is 3. The Balaban J connectivity index is 3.14. The minimum absolute atomic E-state index is 0.205. The van der Waals surface area contributed by atoms with Crippen LogP contribution in [0.25, 0.3) is 0 Å². The van der Waals surface area contributed by atoms with Crippen molar-refractivity contribution >= 4 is 39.2 Å². The predicted molar refractivity (Wildman–Crippen MR) is 61.1 cm³/mol. The van der Waals surface area contributed by atoms with Gasteiger partial charge in [0, 0.05) is 13.7 Å². The quantitative estimate of drug-likeness (QED) is 0.296. The van der Waals surface area contributed by atoms with E-state index in [9.17, 15) is 0 Å². The Labute approximate surface area is 99.7 Å². The molecule has 0 aromatic carbocycles. The zero-order chi connectivity index (χ0) is 11.0. The van der Waals surface area contributed by atoms with Gasteiger partial charge in [0.1, 0.15) is 6.79 Å². The summed E-state index contributed by atoms with van der Waals surface area (Å²) in [4.78, 5) is 0. The van der Waals surface area contributed by atoms with Crippen molar-refractivity contribution in [3.05, 3.63) is 0 Å². The molecular formula is C7H15Cl3O3Si. The summed E-state index contributed by atoms with van der Waals surface area (Å²) in [6.07, 6.45) is 0.491. The molecule has 3 nitrogen and oxygen atoms in total. The first kappa shape index (κ1) is 15.0.